The lowest BCUT2D eigenvalue weighted by atomic mass is 9.61. The minimum Gasteiger partial charge on any atom is -0.511 e. The van der Waals surface area contributed by atoms with Gasteiger partial charge in [-0.3, -0.25) is 19.3 Å². The number of fused-ring (bicyclic) bond motifs is 3. The highest BCUT2D eigenvalue weighted by molar-refractivity contribution is 6.22. The number of rotatable bonds is 3. The summed E-state index contributed by atoms with van der Waals surface area (Å²) in [5, 5.41) is 32.4. The van der Waals surface area contributed by atoms with E-state index in [1.807, 2.05) is 19.0 Å². The van der Waals surface area contributed by atoms with Crippen molar-refractivity contribution >= 4 is 23.2 Å². The number of amides is 1. The average molecular weight is 441 g/mol. The zero-order chi connectivity index (χ0) is 23.6. The van der Waals surface area contributed by atoms with Crippen molar-refractivity contribution < 1.29 is 29.7 Å². The van der Waals surface area contributed by atoms with Gasteiger partial charge in [-0.15, -0.1) is 0 Å². The van der Waals surface area contributed by atoms with E-state index in [9.17, 15) is 29.7 Å². The Morgan fingerprint density at radius 1 is 1.06 bits per heavy atom. The smallest absolute Gasteiger partial charge is 0.255 e. The topological polar surface area (TPSA) is 144 Å². The van der Waals surface area contributed by atoms with Crippen LogP contribution in [0, 0.1) is 17.8 Å². The number of Topliss-reactive ketones (excluding diaryl/α,β-unsaturated/α-hetero) is 2. The van der Waals surface area contributed by atoms with E-state index in [1.165, 1.54) is 6.07 Å². The van der Waals surface area contributed by atoms with Gasteiger partial charge in [0.05, 0.1) is 17.5 Å². The van der Waals surface area contributed by atoms with Crippen LogP contribution in [0.1, 0.15) is 22.3 Å². The van der Waals surface area contributed by atoms with Crippen LogP contribution in [-0.4, -0.2) is 71.9 Å². The number of benzene rings is 1. The molecule has 3 aliphatic rings. The predicted octanol–water partition coefficient (Wildman–Crippen LogP) is 1.07. The molecule has 170 valence electrons. The highest BCUT2D eigenvalue weighted by atomic mass is 16.3. The number of phenols is 1. The first-order valence-electron chi connectivity index (χ1n) is 10.4. The Bertz CT molecular complexity index is 1120. The van der Waals surface area contributed by atoms with E-state index < -0.39 is 58.4 Å². The van der Waals surface area contributed by atoms with E-state index in [2.05, 4.69) is 0 Å². The van der Waals surface area contributed by atoms with Crippen LogP contribution in [0.2, 0.25) is 0 Å². The number of phenolic OH excluding ortho intramolecular Hbond substituents is 1. The largest absolute Gasteiger partial charge is 0.511 e. The van der Waals surface area contributed by atoms with Gasteiger partial charge in [0.15, 0.2) is 11.6 Å². The maximum Gasteiger partial charge on any atom is 0.255 e. The van der Waals surface area contributed by atoms with Crippen LogP contribution >= 0.6 is 0 Å². The van der Waals surface area contributed by atoms with Crippen LogP contribution in [0.3, 0.4) is 0 Å². The first-order chi connectivity index (χ1) is 15.0. The number of ketones is 2. The summed E-state index contributed by atoms with van der Waals surface area (Å²) in [5.41, 5.74) is 6.49. The number of nitrogens with zero attached hydrogens (tertiary/aromatic N) is 2. The number of hydrogen-bond acceptors (Lipinski definition) is 8. The fourth-order valence-corrected chi connectivity index (χ4v) is 5.67. The molecule has 0 aromatic heterocycles. The van der Waals surface area contributed by atoms with Crippen LogP contribution in [-0.2, 0) is 16.0 Å². The molecule has 9 heteroatoms. The number of likely N-dealkylation sites (N-methyl/N-ethyl adjacent to an activating group) is 1. The fraction of sp³-hybridized carbons (Fsp3) is 0.435. The summed E-state index contributed by atoms with van der Waals surface area (Å²) in [6.45, 7) is 0. The van der Waals surface area contributed by atoms with Gasteiger partial charge in [0, 0.05) is 25.4 Å². The number of hydrogen-bond donors (Lipinski definition) is 4. The molecule has 1 unspecified atom stereocenters. The number of primary amides is 1. The summed E-state index contributed by atoms with van der Waals surface area (Å²) < 4.78 is 0. The highest BCUT2D eigenvalue weighted by Gasteiger charge is 2.54. The zero-order valence-electron chi connectivity index (χ0n) is 18.4. The number of aliphatic hydroxyl groups is 2. The van der Waals surface area contributed by atoms with Crippen molar-refractivity contribution in [2.75, 3.05) is 33.1 Å². The monoisotopic (exact) mass is 441 g/mol. The molecule has 0 bridgehead atoms. The second-order valence-electron chi connectivity index (χ2n) is 9.16. The molecule has 1 aromatic rings. The maximum absolute atomic E-state index is 13.5. The lowest BCUT2D eigenvalue weighted by Crippen LogP contribution is -2.53. The molecule has 9 nitrogen and oxygen atoms in total. The van der Waals surface area contributed by atoms with Gasteiger partial charge in [-0.1, -0.05) is 0 Å². The van der Waals surface area contributed by atoms with Crippen LogP contribution in [0.4, 0.5) is 5.69 Å². The lowest BCUT2D eigenvalue weighted by molar-refractivity contribution is -0.127. The third-order valence-corrected chi connectivity index (χ3v) is 6.91. The van der Waals surface area contributed by atoms with E-state index >= 15 is 0 Å². The molecule has 0 aliphatic heterocycles. The normalized spacial score (nSPS) is 27.3. The molecule has 4 atom stereocenters. The molecule has 4 rings (SSSR count). The highest BCUT2D eigenvalue weighted by Crippen LogP contribution is 2.51. The maximum atomic E-state index is 13.5. The van der Waals surface area contributed by atoms with Crippen LogP contribution in [0.25, 0.3) is 0 Å². The summed E-state index contributed by atoms with van der Waals surface area (Å²) in [4.78, 5) is 42.1. The molecule has 1 aromatic carbocycles. The van der Waals surface area contributed by atoms with Gasteiger partial charge in [-0.2, -0.15) is 0 Å². The summed E-state index contributed by atoms with van der Waals surface area (Å²) in [5.74, 6) is -5.51. The van der Waals surface area contributed by atoms with Gasteiger partial charge in [-0.25, -0.2) is 0 Å². The second kappa shape index (κ2) is 7.37. The van der Waals surface area contributed by atoms with Gasteiger partial charge >= 0.3 is 0 Å². The third-order valence-electron chi connectivity index (χ3n) is 6.91. The minimum absolute atomic E-state index is 0.0843. The number of allylic oxidation sites excluding steroid dienone is 2. The molecule has 0 radical (unpaired) electrons. The molecular weight excluding hydrogens is 414 g/mol. The molecular formula is C23H27N3O6. The molecule has 5 N–H and O–H groups in total. The molecule has 0 spiro atoms. The quantitative estimate of drug-likeness (QED) is 0.510. The molecule has 3 aliphatic carbocycles. The van der Waals surface area contributed by atoms with Crippen LogP contribution < -0.4 is 10.6 Å². The SMILES string of the molecule is CN(C)c1ccc(O)c2c1C[C@H]1C[C@@H]3C(C(=O)C(C(N)=O)=C(O)[C@H]3N(C)C)C(O)=C1C2=O. The summed E-state index contributed by atoms with van der Waals surface area (Å²) in [6.07, 6.45) is 0.718. The number of carbonyl (C=O) groups is 3. The Labute approximate surface area is 185 Å². The Balaban J connectivity index is 1.92. The van der Waals surface area contributed by atoms with Crippen molar-refractivity contribution in [2.45, 2.75) is 18.9 Å². The fourth-order valence-electron chi connectivity index (χ4n) is 5.67. The van der Waals surface area contributed by atoms with Gasteiger partial charge in [0.1, 0.15) is 22.8 Å². The Hall–Kier alpha value is -3.33. The lowest BCUT2D eigenvalue weighted by Gasteiger charge is -2.46. The Morgan fingerprint density at radius 2 is 1.72 bits per heavy atom. The van der Waals surface area contributed by atoms with Crippen LogP contribution in [0.15, 0.2) is 34.8 Å². The van der Waals surface area contributed by atoms with Crippen molar-refractivity contribution in [1.82, 2.24) is 4.90 Å². The summed E-state index contributed by atoms with van der Waals surface area (Å²) >= 11 is 0. The van der Waals surface area contributed by atoms with Gasteiger partial charge in [0.2, 0.25) is 0 Å². The molecule has 0 heterocycles. The molecule has 1 amide bonds. The standard InChI is InChI=1S/C23H27N3O6/c1-25(2)12-5-6-13(27)15-10(12)7-9-8-11-16(20(29)14(9)19(15)28)21(30)17(23(24)32)22(31)18(11)26(3)4/h5-6,9,11,16,18,27,29,31H,7-8H2,1-4H3,(H2,24,32)/t9-,11+,16?,18-/m0/s1. The van der Waals surface area contributed by atoms with Crippen molar-refractivity contribution in [3.63, 3.8) is 0 Å². The number of aromatic hydroxyl groups is 1. The average Bonchev–Trinajstić information content (AvgIpc) is 2.66. The van der Waals surface area contributed by atoms with Crippen molar-refractivity contribution in [3.8, 4) is 5.75 Å². The van der Waals surface area contributed by atoms with E-state index in [0.29, 0.717) is 18.4 Å². The van der Waals surface area contributed by atoms with Gasteiger partial charge < -0.3 is 26.0 Å². The Morgan fingerprint density at radius 3 is 2.28 bits per heavy atom. The van der Waals surface area contributed by atoms with E-state index in [1.54, 1.807) is 25.1 Å². The predicted molar refractivity (Wildman–Crippen MR) is 117 cm³/mol. The van der Waals surface area contributed by atoms with Crippen molar-refractivity contribution in [1.29, 1.82) is 0 Å². The number of anilines is 1. The van der Waals surface area contributed by atoms with E-state index in [4.69, 9.17) is 5.73 Å². The minimum atomic E-state index is -1.17. The molecule has 0 saturated carbocycles. The van der Waals surface area contributed by atoms with Gasteiger partial charge in [0.25, 0.3) is 5.91 Å². The number of nitrogens with two attached hydrogens (primary N) is 1. The van der Waals surface area contributed by atoms with E-state index in [-0.39, 0.29) is 16.9 Å². The number of aliphatic hydroxyl groups excluding tert-OH is 2. The van der Waals surface area contributed by atoms with E-state index in [0.717, 1.165) is 5.69 Å². The summed E-state index contributed by atoms with van der Waals surface area (Å²) in [6, 6.07) is 2.45. The van der Waals surface area contributed by atoms with Crippen LogP contribution in [0.5, 0.6) is 5.75 Å². The first kappa shape index (κ1) is 21.9. The summed E-state index contributed by atoms with van der Waals surface area (Å²) in [7, 11) is 7.08. The van der Waals surface area contributed by atoms with Gasteiger partial charge in [-0.05, 0) is 56.5 Å². The third kappa shape index (κ3) is 2.91. The second-order valence-corrected chi connectivity index (χ2v) is 9.16. The molecule has 0 fully saturated rings. The van der Waals surface area contributed by atoms with Crippen molar-refractivity contribution in [3.05, 3.63) is 45.9 Å². The first-order valence-corrected chi connectivity index (χ1v) is 10.4. The zero-order valence-corrected chi connectivity index (χ0v) is 18.4. The number of carbonyl (C=O) groups excluding carboxylic acids is 3. The van der Waals surface area contributed by atoms with Crippen molar-refractivity contribution in [2.24, 2.45) is 23.5 Å². The molecule has 0 saturated heterocycles. The Kier molecular flexibility index (Phi) is 5.04. The molecule has 32 heavy (non-hydrogen) atoms.